The molecule has 2 aliphatic rings. The van der Waals surface area contributed by atoms with Gasteiger partial charge in [0.05, 0.1) is 19.4 Å². The molecule has 3 aromatic rings. The molecule has 2 fully saturated rings. The number of piperidine rings is 1. The molecule has 5 heterocycles. The van der Waals surface area contributed by atoms with Gasteiger partial charge in [0.1, 0.15) is 17.0 Å². The number of hydrogen-bond acceptors (Lipinski definition) is 7. The number of fused-ring (bicyclic) bond motifs is 1. The maximum Gasteiger partial charge on any atom is 0.248 e. The smallest absolute Gasteiger partial charge is 0.248 e. The van der Waals surface area contributed by atoms with Crippen molar-refractivity contribution in [2.75, 3.05) is 44.3 Å². The first-order valence-corrected chi connectivity index (χ1v) is 12.0. The van der Waals surface area contributed by atoms with Crippen LogP contribution in [-0.4, -0.2) is 76.5 Å². The average molecular weight is 446 g/mol. The Kier molecular flexibility index (Phi) is 5.19. The summed E-state index contributed by atoms with van der Waals surface area (Å²) in [5, 5.41) is 8.51. The first-order valence-electron chi connectivity index (χ1n) is 10.6. The summed E-state index contributed by atoms with van der Waals surface area (Å²) in [5.74, 6) is 0.950. The molecule has 0 unspecified atom stereocenters. The fourth-order valence-electron chi connectivity index (χ4n) is 4.67. The van der Waals surface area contributed by atoms with Crippen molar-refractivity contribution in [1.82, 2.24) is 28.7 Å². The SMILES string of the molecule is Cc1cc2ncnn2cc1C1CCN(S(=O)(=O)c2cnn(C)c2N2CCOCC2)CC1. The molecule has 0 aromatic carbocycles. The Morgan fingerprint density at radius 2 is 1.84 bits per heavy atom. The van der Waals surface area contributed by atoms with Gasteiger partial charge in [0, 0.05) is 39.4 Å². The van der Waals surface area contributed by atoms with E-state index in [0.717, 1.165) is 18.5 Å². The molecule has 5 rings (SSSR count). The number of nitrogens with zero attached hydrogens (tertiary/aromatic N) is 7. The van der Waals surface area contributed by atoms with E-state index >= 15 is 0 Å². The molecule has 10 nitrogen and oxygen atoms in total. The largest absolute Gasteiger partial charge is 0.378 e. The van der Waals surface area contributed by atoms with Gasteiger partial charge >= 0.3 is 0 Å². The van der Waals surface area contributed by atoms with Crippen LogP contribution < -0.4 is 4.90 Å². The highest BCUT2D eigenvalue weighted by Gasteiger charge is 2.35. The van der Waals surface area contributed by atoms with Crippen molar-refractivity contribution in [3.8, 4) is 0 Å². The van der Waals surface area contributed by atoms with Gasteiger partial charge in [-0.15, -0.1) is 0 Å². The van der Waals surface area contributed by atoms with Crippen molar-refractivity contribution in [2.24, 2.45) is 7.05 Å². The van der Waals surface area contributed by atoms with Gasteiger partial charge in [-0.2, -0.15) is 14.5 Å². The Labute approximate surface area is 181 Å². The molecule has 0 spiro atoms. The van der Waals surface area contributed by atoms with Gasteiger partial charge < -0.3 is 9.64 Å². The van der Waals surface area contributed by atoms with Crippen LogP contribution in [-0.2, 0) is 21.8 Å². The number of hydrogen-bond donors (Lipinski definition) is 0. The van der Waals surface area contributed by atoms with Gasteiger partial charge in [-0.3, -0.25) is 4.68 Å². The number of sulfonamides is 1. The number of aryl methyl sites for hydroxylation is 2. The number of pyridine rings is 1. The van der Waals surface area contributed by atoms with Gasteiger partial charge in [-0.1, -0.05) is 0 Å². The molecule has 3 aromatic heterocycles. The quantitative estimate of drug-likeness (QED) is 0.595. The molecule has 0 amide bonds. The molecule has 0 N–H and O–H groups in total. The zero-order chi connectivity index (χ0) is 21.6. The second kappa shape index (κ2) is 7.88. The highest BCUT2D eigenvalue weighted by molar-refractivity contribution is 7.89. The minimum absolute atomic E-state index is 0.288. The summed E-state index contributed by atoms with van der Waals surface area (Å²) in [6.45, 7) is 5.55. The van der Waals surface area contributed by atoms with Crippen LogP contribution in [0.15, 0.2) is 29.7 Å². The Morgan fingerprint density at radius 1 is 1.10 bits per heavy atom. The third-order valence-corrected chi connectivity index (χ3v) is 8.25. The van der Waals surface area contributed by atoms with E-state index in [4.69, 9.17) is 4.74 Å². The maximum absolute atomic E-state index is 13.5. The van der Waals surface area contributed by atoms with E-state index in [-0.39, 0.29) is 4.90 Å². The minimum Gasteiger partial charge on any atom is -0.378 e. The van der Waals surface area contributed by atoms with E-state index in [1.54, 1.807) is 26.9 Å². The normalized spacial score (nSPS) is 19.4. The highest BCUT2D eigenvalue weighted by atomic mass is 32.2. The summed E-state index contributed by atoms with van der Waals surface area (Å²) in [6.07, 6.45) is 6.60. The van der Waals surface area contributed by atoms with E-state index in [1.807, 2.05) is 17.2 Å². The molecular formula is C20H27N7O3S. The zero-order valence-electron chi connectivity index (χ0n) is 17.8. The van der Waals surface area contributed by atoms with Crippen LogP contribution in [0.1, 0.15) is 29.9 Å². The van der Waals surface area contributed by atoms with Crippen molar-refractivity contribution >= 4 is 21.5 Å². The number of morpholine rings is 1. The number of aromatic nitrogens is 5. The predicted molar refractivity (Wildman–Crippen MR) is 115 cm³/mol. The predicted octanol–water partition coefficient (Wildman–Crippen LogP) is 1.18. The van der Waals surface area contributed by atoms with Crippen LogP contribution in [0.3, 0.4) is 0 Å². The third-order valence-electron chi connectivity index (χ3n) is 6.36. The fourth-order valence-corrected chi connectivity index (χ4v) is 6.32. The number of anilines is 1. The second-order valence-electron chi connectivity index (χ2n) is 8.21. The van der Waals surface area contributed by atoms with Crippen LogP contribution in [0.4, 0.5) is 5.82 Å². The van der Waals surface area contributed by atoms with Crippen LogP contribution in [0.5, 0.6) is 0 Å². The van der Waals surface area contributed by atoms with E-state index in [2.05, 4.69) is 22.1 Å². The summed E-state index contributed by atoms with van der Waals surface area (Å²) in [4.78, 5) is 6.57. The fraction of sp³-hybridized carbons (Fsp3) is 0.550. The molecule has 0 aliphatic carbocycles. The summed E-state index contributed by atoms with van der Waals surface area (Å²) in [5.41, 5.74) is 3.21. The Balaban J connectivity index is 1.36. The van der Waals surface area contributed by atoms with Gasteiger partial charge in [0.15, 0.2) is 5.65 Å². The first kappa shape index (κ1) is 20.4. The minimum atomic E-state index is -3.62. The molecule has 0 radical (unpaired) electrons. The van der Waals surface area contributed by atoms with Crippen molar-refractivity contribution in [3.63, 3.8) is 0 Å². The third kappa shape index (κ3) is 3.60. The van der Waals surface area contributed by atoms with Gasteiger partial charge in [0.25, 0.3) is 0 Å². The van der Waals surface area contributed by atoms with Crippen molar-refractivity contribution in [1.29, 1.82) is 0 Å². The Hall–Kier alpha value is -2.50. The zero-order valence-corrected chi connectivity index (χ0v) is 18.6. The lowest BCUT2D eigenvalue weighted by Gasteiger charge is -2.33. The van der Waals surface area contributed by atoms with Crippen LogP contribution in [0.25, 0.3) is 5.65 Å². The number of ether oxygens (including phenoxy) is 1. The van der Waals surface area contributed by atoms with Gasteiger partial charge in [0.2, 0.25) is 10.0 Å². The van der Waals surface area contributed by atoms with E-state index in [9.17, 15) is 8.42 Å². The van der Waals surface area contributed by atoms with Crippen molar-refractivity contribution in [2.45, 2.75) is 30.6 Å². The second-order valence-corrected chi connectivity index (χ2v) is 10.1. The summed E-state index contributed by atoms with van der Waals surface area (Å²) in [7, 11) is -1.83. The molecule has 11 heteroatoms. The van der Waals surface area contributed by atoms with Crippen LogP contribution in [0.2, 0.25) is 0 Å². The van der Waals surface area contributed by atoms with Crippen molar-refractivity contribution < 1.29 is 13.2 Å². The molecule has 2 aliphatic heterocycles. The van der Waals surface area contributed by atoms with Crippen LogP contribution >= 0.6 is 0 Å². The van der Waals surface area contributed by atoms with E-state index in [1.165, 1.54) is 17.3 Å². The Bertz CT molecular complexity index is 1190. The summed E-state index contributed by atoms with van der Waals surface area (Å²) in [6, 6.07) is 2.04. The standard InChI is InChI=1S/C20H27N7O3S/c1-15-11-19-21-14-23-27(19)13-17(15)16-3-5-26(6-4-16)31(28,29)18-12-22-24(2)20(18)25-7-9-30-10-8-25/h11-14,16H,3-10H2,1-2H3. The van der Waals surface area contributed by atoms with E-state index in [0.29, 0.717) is 51.1 Å². The average Bonchev–Trinajstić information content (AvgIpc) is 3.40. The summed E-state index contributed by atoms with van der Waals surface area (Å²) >= 11 is 0. The highest BCUT2D eigenvalue weighted by Crippen LogP contribution is 2.34. The Morgan fingerprint density at radius 3 is 2.58 bits per heavy atom. The molecule has 166 valence electrons. The lowest BCUT2D eigenvalue weighted by Crippen LogP contribution is -2.41. The molecule has 0 saturated carbocycles. The lowest BCUT2D eigenvalue weighted by molar-refractivity contribution is 0.122. The molecular weight excluding hydrogens is 418 g/mol. The van der Waals surface area contributed by atoms with Gasteiger partial charge in [-0.25, -0.2) is 17.9 Å². The molecule has 31 heavy (non-hydrogen) atoms. The molecule has 0 atom stereocenters. The maximum atomic E-state index is 13.5. The molecule has 2 saturated heterocycles. The number of rotatable bonds is 4. The van der Waals surface area contributed by atoms with Crippen molar-refractivity contribution in [3.05, 3.63) is 35.9 Å². The topological polar surface area (TPSA) is 97.9 Å². The first-order chi connectivity index (χ1) is 14.9. The van der Waals surface area contributed by atoms with Gasteiger partial charge in [-0.05, 0) is 42.9 Å². The van der Waals surface area contributed by atoms with Crippen LogP contribution in [0, 0.1) is 6.92 Å². The summed E-state index contributed by atoms with van der Waals surface area (Å²) < 4.78 is 37.5. The van der Waals surface area contributed by atoms with E-state index < -0.39 is 10.0 Å². The monoisotopic (exact) mass is 445 g/mol. The molecule has 0 bridgehead atoms. The lowest BCUT2D eigenvalue weighted by atomic mass is 9.89.